The third-order valence-corrected chi connectivity index (χ3v) is 6.37. The van der Waals surface area contributed by atoms with Crippen LogP contribution in [0.15, 0.2) is 23.1 Å². The molecule has 0 radical (unpaired) electrons. The van der Waals surface area contributed by atoms with Crippen LogP contribution in [0.5, 0.6) is 0 Å². The molecular formula is C14H22N2O4S2. The molecule has 6 nitrogen and oxygen atoms in total. The second kappa shape index (κ2) is 5.50. The maximum atomic E-state index is 12.5. The first-order chi connectivity index (χ1) is 9.90. The first-order valence-corrected chi connectivity index (χ1v) is 10.2. The van der Waals surface area contributed by atoms with Crippen molar-refractivity contribution in [3.05, 3.63) is 23.8 Å². The van der Waals surface area contributed by atoms with Gasteiger partial charge in [0.1, 0.15) is 0 Å². The zero-order valence-corrected chi connectivity index (χ0v) is 14.7. The van der Waals surface area contributed by atoms with Gasteiger partial charge in [-0.25, -0.2) is 22.0 Å². The van der Waals surface area contributed by atoms with Crippen molar-refractivity contribution in [3.63, 3.8) is 0 Å². The number of nitrogens with zero attached hydrogens (tertiary/aromatic N) is 1. The van der Waals surface area contributed by atoms with E-state index in [0.29, 0.717) is 25.1 Å². The molecule has 0 aromatic heterocycles. The minimum atomic E-state index is -3.85. The fourth-order valence-corrected chi connectivity index (χ4v) is 4.80. The van der Waals surface area contributed by atoms with Crippen molar-refractivity contribution in [1.82, 2.24) is 0 Å². The van der Waals surface area contributed by atoms with Crippen molar-refractivity contribution < 1.29 is 16.8 Å². The molecule has 8 heteroatoms. The van der Waals surface area contributed by atoms with Crippen LogP contribution in [0.1, 0.15) is 32.8 Å². The van der Waals surface area contributed by atoms with Gasteiger partial charge in [0.05, 0.1) is 16.3 Å². The summed E-state index contributed by atoms with van der Waals surface area (Å²) in [6.45, 7) is 6.30. The van der Waals surface area contributed by atoms with Crippen molar-refractivity contribution in [1.29, 1.82) is 0 Å². The van der Waals surface area contributed by atoms with Gasteiger partial charge in [0.25, 0.3) is 0 Å². The van der Waals surface area contributed by atoms with Gasteiger partial charge in [-0.2, -0.15) is 0 Å². The Kier molecular flexibility index (Phi) is 4.31. The minimum Gasteiger partial charge on any atom is -0.270 e. The van der Waals surface area contributed by atoms with E-state index in [1.54, 1.807) is 6.07 Å². The summed E-state index contributed by atoms with van der Waals surface area (Å²) in [7, 11) is -7.32. The van der Waals surface area contributed by atoms with Gasteiger partial charge in [-0.1, -0.05) is 26.8 Å². The van der Waals surface area contributed by atoms with E-state index in [9.17, 15) is 16.8 Å². The molecule has 0 fully saturated rings. The normalized spacial score (nSPS) is 15.9. The standard InChI is InChI=1S/C14H22N2O4S2/c1-14(2,3)7-9-21(17,18)16-8-6-11-4-5-12(10-13(11)16)22(15,19)20/h4-5,10H,6-9H2,1-3H3,(H2,15,19,20). The van der Waals surface area contributed by atoms with E-state index in [4.69, 9.17) is 5.14 Å². The number of hydrogen-bond acceptors (Lipinski definition) is 4. The number of nitrogens with two attached hydrogens (primary N) is 1. The summed E-state index contributed by atoms with van der Waals surface area (Å²) < 4.78 is 49.3. The monoisotopic (exact) mass is 346 g/mol. The molecule has 124 valence electrons. The molecule has 0 atom stereocenters. The Morgan fingerprint density at radius 1 is 1.18 bits per heavy atom. The molecule has 0 bridgehead atoms. The van der Waals surface area contributed by atoms with Crippen LogP contribution < -0.4 is 9.44 Å². The number of sulfonamides is 2. The number of anilines is 1. The highest BCUT2D eigenvalue weighted by molar-refractivity contribution is 7.92. The molecule has 1 aliphatic heterocycles. The van der Waals surface area contributed by atoms with Gasteiger partial charge in [-0.3, -0.25) is 4.31 Å². The number of hydrogen-bond donors (Lipinski definition) is 1. The topological polar surface area (TPSA) is 97.5 Å². The Morgan fingerprint density at radius 3 is 2.36 bits per heavy atom. The highest BCUT2D eigenvalue weighted by Crippen LogP contribution is 2.33. The van der Waals surface area contributed by atoms with Gasteiger partial charge in [-0.15, -0.1) is 0 Å². The first kappa shape index (κ1) is 17.2. The number of rotatable bonds is 4. The first-order valence-electron chi connectivity index (χ1n) is 7.06. The predicted molar refractivity (Wildman–Crippen MR) is 86.7 cm³/mol. The minimum absolute atomic E-state index is 0.0372. The molecule has 0 unspecified atom stereocenters. The third-order valence-electron chi connectivity index (χ3n) is 3.68. The quantitative estimate of drug-likeness (QED) is 0.892. The van der Waals surface area contributed by atoms with Crippen LogP contribution in [-0.2, 0) is 26.5 Å². The van der Waals surface area contributed by atoms with Crippen LogP contribution in [0.25, 0.3) is 0 Å². The molecule has 0 aliphatic carbocycles. The summed E-state index contributed by atoms with van der Waals surface area (Å²) >= 11 is 0. The van der Waals surface area contributed by atoms with Gasteiger partial charge in [0.15, 0.2) is 0 Å². The van der Waals surface area contributed by atoms with Crippen molar-refractivity contribution in [2.24, 2.45) is 10.6 Å². The van der Waals surface area contributed by atoms with E-state index in [2.05, 4.69) is 0 Å². The highest BCUT2D eigenvalue weighted by Gasteiger charge is 2.31. The predicted octanol–water partition coefficient (Wildman–Crippen LogP) is 1.46. The molecular weight excluding hydrogens is 324 g/mol. The van der Waals surface area contributed by atoms with Crippen LogP contribution in [0.3, 0.4) is 0 Å². The second-order valence-electron chi connectivity index (χ2n) is 6.78. The van der Waals surface area contributed by atoms with Crippen molar-refractivity contribution >= 4 is 25.7 Å². The molecule has 1 heterocycles. The molecule has 0 saturated heterocycles. The fraction of sp³-hybridized carbons (Fsp3) is 0.571. The molecule has 1 aliphatic rings. The maximum Gasteiger partial charge on any atom is 0.238 e. The van der Waals surface area contributed by atoms with E-state index in [1.807, 2.05) is 20.8 Å². The molecule has 0 saturated carbocycles. The Morgan fingerprint density at radius 2 is 1.82 bits per heavy atom. The van der Waals surface area contributed by atoms with Crippen molar-refractivity contribution in [3.8, 4) is 0 Å². The van der Waals surface area contributed by atoms with Gasteiger partial charge in [-0.05, 0) is 36.0 Å². The molecule has 0 spiro atoms. The lowest BCUT2D eigenvalue weighted by molar-refractivity contribution is 0.397. The summed E-state index contributed by atoms with van der Waals surface area (Å²) in [4.78, 5) is -0.0656. The molecule has 22 heavy (non-hydrogen) atoms. The van der Waals surface area contributed by atoms with Gasteiger partial charge >= 0.3 is 0 Å². The summed E-state index contributed by atoms with van der Waals surface area (Å²) in [5.74, 6) is 0.0372. The maximum absolute atomic E-state index is 12.5. The van der Waals surface area contributed by atoms with Gasteiger partial charge in [0, 0.05) is 6.54 Å². The number of fused-ring (bicyclic) bond motifs is 1. The zero-order valence-electron chi connectivity index (χ0n) is 13.0. The SMILES string of the molecule is CC(C)(C)CCS(=O)(=O)N1CCc2ccc(S(N)(=O)=O)cc21. The smallest absolute Gasteiger partial charge is 0.238 e. The van der Waals surface area contributed by atoms with Crippen molar-refractivity contribution in [2.45, 2.75) is 38.5 Å². The van der Waals surface area contributed by atoms with Crippen LogP contribution >= 0.6 is 0 Å². The summed E-state index contributed by atoms with van der Waals surface area (Å²) in [5.41, 5.74) is 1.17. The Labute approximate surface area is 132 Å². The van der Waals surface area contributed by atoms with Crippen LogP contribution in [0, 0.1) is 5.41 Å². The number of benzene rings is 1. The summed E-state index contributed by atoms with van der Waals surface area (Å²) in [6.07, 6.45) is 1.12. The van der Waals surface area contributed by atoms with E-state index >= 15 is 0 Å². The molecule has 0 amide bonds. The largest absolute Gasteiger partial charge is 0.270 e. The van der Waals surface area contributed by atoms with E-state index in [1.165, 1.54) is 16.4 Å². The highest BCUT2D eigenvalue weighted by atomic mass is 32.2. The summed E-state index contributed by atoms with van der Waals surface area (Å²) in [6, 6.07) is 4.40. The van der Waals surface area contributed by atoms with E-state index in [0.717, 1.165) is 5.56 Å². The lowest BCUT2D eigenvalue weighted by Crippen LogP contribution is -2.32. The molecule has 1 aromatic rings. The van der Waals surface area contributed by atoms with Crippen LogP contribution in [-0.4, -0.2) is 29.1 Å². The van der Waals surface area contributed by atoms with Gasteiger partial charge in [0.2, 0.25) is 20.0 Å². The molecule has 2 rings (SSSR count). The van der Waals surface area contributed by atoms with Crippen LogP contribution in [0.2, 0.25) is 0 Å². The second-order valence-corrected chi connectivity index (χ2v) is 10.4. The van der Waals surface area contributed by atoms with Crippen LogP contribution in [0.4, 0.5) is 5.69 Å². The fourth-order valence-electron chi connectivity index (χ4n) is 2.34. The Hall–Kier alpha value is -1.12. The molecule has 2 N–H and O–H groups in total. The van der Waals surface area contributed by atoms with E-state index < -0.39 is 20.0 Å². The van der Waals surface area contributed by atoms with E-state index in [-0.39, 0.29) is 16.1 Å². The lowest BCUT2D eigenvalue weighted by atomic mass is 9.94. The summed E-state index contributed by atoms with van der Waals surface area (Å²) in [5, 5.41) is 5.13. The molecule has 1 aromatic carbocycles. The Balaban J connectivity index is 2.35. The zero-order chi connectivity index (χ0) is 16.8. The number of primary sulfonamides is 1. The Bertz CT molecular complexity index is 778. The lowest BCUT2D eigenvalue weighted by Gasteiger charge is -2.23. The average molecular weight is 346 g/mol. The third kappa shape index (κ3) is 3.80. The van der Waals surface area contributed by atoms with Crippen molar-refractivity contribution in [2.75, 3.05) is 16.6 Å². The average Bonchev–Trinajstić information content (AvgIpc) is 2.78. The van der Waals surface area contributed by atoms with Gasteiger partial charge < -0.3 is 0 Å².